The van der Waals surface area contributed by atoms with Crippen molar-refractivity contribution >= 4 is 0 Å². The summed E-state index contributed by atoms with van der Waals surface area (Å²) < 4.78 is 21.2. The van der Waals surface area contributed by atoms with E-state index in [1.54, 1.807) is 12.1 Å². The van der Waals surface area contributed by atoms with E-state index in [1.807, 2.05) is 18.7 Å². The molecule has 0 saturated carbocycles. The van der Waals surface area contributed by atoms with Gasteiger partial charge in [-0.15, -0.1) is 0 Å². The molecule has 21 heavy (non-hydrogen) atoms. The summed E-state index contributed by atoms with van der Waals surface area (Å²) in [6, 6.07) is 6.93. The maximum atomic E-state index is 14.2. The van der Waals surface area contributed by atoms with E-state index in [9.17, 15) is 4.39 Å². The first kappa shape index (κ1) is 15.5. The van der Waals surface area contributed by atoms with Crippen molar-refractivity contribution in [1.82, 2.24) is 15.1 Å². The maximum Gasteiger partial charge on any atom is 0.131 e. The lowest BCUT2D eigenvalue weighted by Crippen LogP contribution is -2.21. The van der Waals surface area contributed by atoms with Crippen molar-refractivity contribution in [3.05, 3.63) is 47.0 Å². The molecule has 1 heterocycles. The number of hydrogen-bond acceptors (Lipinski definition) is 3. The molecule has 1 N–H and O–H groups in total. The quantitative estimate of drug-likeness (QED) is 0.889. The molecular weight excluding hydrogens is 269 g/mol. The number of benzene rings is 1. The van der Waals surface area contributed by atoms with Crippen molar-refractivity contribution in [3.63, 3.8) is 0 Å². The van der Waals surface area contributed by atoms with Crippen molar-refractivity contribution in [1.29, 1.82) is 0 Å². The van der Waals surface area contributed by atoms with Crippen molar-refractivity contribution < 1.29 is 9.13 Å². The number of aromatic nitrogens is 2. The predicted molar refractivity (Wildman–Crippen MR) is 81.1 cm³/mol. The predicted octanol–water partition coefficient (Wildman–Crippen LogP) is 2.86. The average molecular weight is 291 g/mol. The number of likely N-dealkylation sites (N-methyl/N-ethyl adjacent to an activating group) is 1. The smallest absolute Gasteiger partial charge is 0.131 e. The third-order valence-electron chi connectivity index (χ3n) is 3.63. The van der Waals surface area contributed by atoms with Gasteiger partial charge in [0.1, 0.15) is 11.6 Å². The summed E-state index contributed by atoms with van der Waals surface area (Å²) in [7, 11) is 3.38. The van der Waals surface area contributed by atoms with Crippen LogP contribution >= 0.6 is 0 Å². The lowest BCUT2D eigenvalue weighted by Gasteiger charge is -2.18. The highest BCUT2D eigenvalue weighted by atomic mass is 19.1. The fraction of sp³-hybridized carbons (Fsp3) is 0.438. The minimum atomic E-state index is -0.256. The largest absolute Gasteiger partial charge is 0.497 e. The van der Waals surface area contributed by atoms with Crippen LogP contribution in [0.1, 0.15) is 29.9 Å². The maximum absolute atomic E-state index is 14.2. The lowest BCUT2D eigenvalue weighted by molar-refractivity contribution is 0.409. The Morgan fingerprint density at radius 1 is 1.38 bits per heavy atom. The van der Waals surface area contributed by atoms with Crippen molar-refractivity contribution in [2.45, 2.75) is 32.9 Å². The van der Waals surface area contributed by atoms with E-state index >= 15 is 0 Å². The summed E-state index contributed by atoms with van der Waals surface area (Å²) in [5, 5.41) is 7.62. The Balaban J connectivity index is 2.27. The van der Waals surface area contributed by atoms with Crippen molar-refractivity contribution in [3.8, 4) is 5.75 Å². The first-order chi connectivity index (χ1) is 10.1. The van der Waals surface area contributed by atoms with E-state index in [4.69, 9.17) is 4.74 Å². The second-order valence-corrected chi connectivity index (χ2v) is 5.03. The van der Waals surface area contributed by atoms with E-state index in [2.05, 4.69) is 23.4 Å². The SMILES string of the molecule is CCn1nc(C)cc1CC(NC)c1ccc(OC)cc1F. The van der Waals surface area contributed by atoms with Gasteiger partial charge in [-0.25, -0.2) is 4.39 Å². The molecule has 114 valence electrons. The summed E-state index contributed by atoms with van der Waals surface area (Å²) in [5.74, 6) is 0.272. The fourth-order valence-electron chi connectivity index (χ4n) is 2.53. The van der Waals surface area contributed by atoms with Crippen LogP contribution in [-0.2, 0) is 13.0 Å². The van der Waals surface area contributed by atoms with E-state index in [1.165, 1.54) is 13.2 Å². The first-order valence-electron chi connectivity index (χ1n) is 7.13. The van der Waals surface area contributed by atoms with Gasteiger partial charge in [0.05, 0.1) is 12.8 Å². The van der Waals surface area contributed by atoms with Crippen LogP contribution in [0.5, 0.6) is 5.75 Å². The number of hydrogen-bond donors (Lipinski definition) is 1. The molecule has 0 aliphatic carbocycles. The normalized spacial score (nSPS) is 12.4. The molecule has 0 fully saturated rings. The van der Waals surface area contributed by atoms with Crippen LogP contribution in [0.3, 0.4) is 0 Å². The van der Waals surface area contributed by atoms with Crippen LogP contribution in [0.2, 0.25) is 0 Å². The molecular formula is C16H22FN3O. The van der Waals surface area contributed by atoms with E-state index in [0.29, 0.717) is 17.7 Å². The van der Waals surface area contributed by atoms with Crippen LogP contribution in [0, 0.1) is 12.7 Å². The molecule has 0 spiro atoms. The van der Waals surface area contributed by atoms with Crippen LogP contribution < -0.4 is 10.1 Å². The zero-order valence-corrected chi connectivity index (χ0v) is 13.0. The van der Waals surface area contributed by atoms with Gasteiger partial charge in [0, 0.05) is 36.3 Å². The summed E-state index contributed by atoms with van der Waals surface area (Å²) in [6.45, 7) is 4.83. The van der Waals surface area contributed by atoms with E-state index in [-0.39, 0.29) is 11.9 Å². The number of rotatable bonds is 6. The van der Waals surface area contributed by atoms with Crippen molar-refractivity contribution in [2.24, 2.45) is 0 Å². The highest BCUT2D eigenvalue weighted by Crippen LogP contribution is 2.24. The van der Waals surface area contributed by atoms with Crippen LogP contribution in [-0.4, -0.2) is 23.9 Å². The number of nitrogens with zero attached hydrogens (tertiary/aromatic N) is 2. The van der Waals surface area contributed by atoms with Gasteiger partial charge in [-0.1, -0.05) is 6.07 Å². The Hall–Kier alpha value is -1.88. The Morgan fingerprint density at radius 2 is 2.14 bits per heavy atom. The lowest BCUT2D eigenvalue weighted by atomic mass is 10.0. The highest BCUT2D eigenvalue weighted by Gasteiger charge is 2.17. The molecule has 2 aromatic rings. The topological polar surface area (TPSA) is 39.1 Å². The number of methoxy groups -OCH3 is 1. The molecule has 0 aliphatic rings. The van der Waals surface area contributed by atoms with E-state index < -0.39 is 0 Å². The van der Waals surface area contributed by atoms with Gasteiger partial charge >= 0.3 is 0 Å². The molecule has 5 heteroatoms. The monoisotopic (exact) mass is 291 g/mol. The Morgan fingerprint density at radius 3 is 2.71 bits per heavy atom. The molecule has 0 bridgehead atoms. The molecule has 1 unspecified atom stereocenters. The highest BCUT2D eigenvalue weighted by molar-refractivity contribution is 5.31. The van der Waals surface area contributed by atoms with Gasteiger partial charge in [-0.2, -0.15) is 5.10 Å². The molecule has 2 rings (SSSR count). The number of aryl methyl sites for hydroxylation is 2. The van der Waals surface area contributed by atoms with Gasteiger partial charge in [0.2, 0.25) is 0 Å². The van der Waals surface area contributed by atoms with Crippen LogP contribution in [0.15, 0.2) is 24.3 Å². The molecule has 0 saturated heterocycles. The molecule has 0 amide bonds. The summed E-state index contributed by atoms with van der Waals surface area (Å²) in [4.78, 5) is 0. The standard InChI is InChI=1S/C16H22FN3O/c1-5-20-12(8-11(2)19-20)9-16(18-3)14-7-6-13(21-4)10-15(14)17/h6-8,10,16,18H,5,9H2,1-4H3. The summed E-state index contributed by atoms with van der Waals surface area (Å²) >= 11 is 0. The average Bonchev–Trinajstić information content (AvgIpc) is 2.84. The third kappa shape index (κ3) is 3.42. The Kier molecular flexibility index (Phi) is 4.96. The Bertz CT molecular complexity index is 610. The van der Waals surface area contributed by atoms with Crippen LogP contribution in [0.4, 0.5) is 4.39 Å². The minimum absolute atomic E-state index is 0.0997. The van der Waals surface area contributed by atoms with E-state index in [0.717, 1.165) is 17.9 Å². The summed E-state index contributed by atoms with van der Waals surface area (Å²) in [6.07, 6.45) is 0.689. The molecule has 1 aromatic heterocycles. The second kappa shape index (κ2) is 6.72. The molecule has 0 radical (unpaired) electrons. The minimum Gasteiger partial charge on any atom is -0.497 e. The van der Waals surface area contributed by atoms with Gasteiger partial charge in [0.15, 0.2) is 0 Å². The van der Waals surface area contributed by atoms with Crippen LogP contribution in [0.25, 0.3) is 0 Å². The molecule has 0 aliphatic heterocycles. The molecule has 4 nitrogen and oxygen atoms in total. The van der Waals surface area contributed by atoms with Gasteiger partial charge < -0.3 is 10.1 Å². The molecule has 1 atom stereocenters. The third-order valence-corrected chi connectivity index (χ3v) is 3.63. The fourth-order valence-corrected chi connectivity index (χ4v) is 2.53. The zero-order valence-electron chi connectivity index (χ0n) is 13.0. The van der Waals surface area contributed by atoms with Gasteiger partial charge in [0.25, 0.3) is 0 Å². The second-order valence-electron chi connectivity index (χ2n) is 5.03. The molecule has 1 aromatic carbocycles. The van der Waals surface area contributed by atoms with Gasteiger partial charge in [-0.05, 0) is 33.0 Å². The number of ether oxygens (including phenoxy) is 1. The van der Waals surface area contributed by atoms with Crippen molar-refractivity contribution in [2.75, 3.05) is 14.2 Å². The summed E-state index contributed by atoms with van der Waals surface area (Å²) in [5.41, 5.74) is 2.72. The van der Waals surface area contributed by atoms with Gasteiger partial charge in [-0.3, -0.25) is 4.68 Å². The first-order valence-corrected chi connectivity index (χ1v) is 7.13. The zero-order chi connectivity index (χ0) is 15.4. The Labute approximate surface area is 124 Å². The number of nitrogens with one attached hydrogen (secondary N) is 1. The number of halogens is 1.